The van der Waals surface area contributed by atoms with Crippen molar-refractivity contribution in [3.8, 4) is 0 Å². The summed E-state index contributed by atoms with van der Waals surface area (Å²) in [6, 6.07) is 14.6. The van der Waals surface area contributed by atoms with Gasteiger partial charge in [-0.15, -0.1) is 0 Å². The standard InChI is InChI=1S/C17H17NO3/c1-12-5-4-8-14(9-12)17(21)18-11-15-7-3-2-6-13(15)10-16(19)20/h2-9H,10-11H2,1H3,(H,18,21)(H,19,20). The van der Waals surface area contributed by atoms with Crippen molar-refractivity contribution in [1.29, 1.82) is 0 Å². The highest BCUT2D eigenvalue weighted by Crippen LogP contribution is 2.10. The average Bonchev–Trinajstić information content (AvgIpc) is 2.45. The number of aliphatic carboxylic acids is 1. The summed E-state index contributed by atoms with van der Waals surface area (Å²) < 4.78 is 0. The van der Waals surface area contributed by atoms with Crippen molar-refractivity contribution in [3.63, 3.8) is 0 Å². The lowest BCUT2D eigenvalue weighted by Gasteiger charge is -2.09. The second kappa shape index (κ2) is 6.70. The van der Waals surface area contributed by atoms with Crippen LogP contribution < -0.4 is 5.32 Å². The first-order valence-electron chi connectivity index (χ1n) is 6.69. The van der Waals surface area contributed by atoms with Crippen LogP contribution >= 0.6 is 0 Å². The van der Waals surface area contributed by atoms with Gasteiger partial charge in [-0.3, -0.25) is 9.59 Å². The molecule has 2 aromatic carbocycles. The van der Waals surface area contributed by atoms with Crippen LogP contribution in [0.3, 0.4) is 0 Å². The van der Waals surface area contributed by atoms with Crippen molar-refractivity contribution in [2.45, 2.75) is 19.9 Å². The minimum absolute atomic E-state index is 0.0451. The largest absolute Gasteiger partial charge is 0.481 e. The highest BCUT2D eigenvalue weighted by molar-refractivity contribution is 5.94. The number of nitrogens with one attached hydrogen (secondary N) is 1. The fraction of sp³-hybridized carbons (Fsp3) is 0.176. The molecule has 0 saturated heterocycles. The molecule has 0 aliphatic rings. The Kier molecular flexibility index (Phi) is 4.72. The van der Waals surface area contributed by atoms with Gasteiger partial charge in [0.15, 0.2) is 0 Å². The molecule has 2 aromatic rings. The Hall–Kier alpha value is -2.62. The predicted octanol–water partition coefficient (Wildman–Crippen LogP) is 2.55. The lowest BCUT2D eigenvalue weighted by Crippen LogP contribution is -2.23. The molecule has 0 atom stereocenters. The van der Waals surface area contributed by atoms with Gasteiger partial charge >= 0.3 is 5.97 Å². The predicted molar refractivity (Wildman–Crippen MR) is 80.1 cm³/mol. The molecule has 0 heterocycles. The normalized spacial score (nSPS) is 10.1. The van der Waals surface area contributed by atoms with Crippen molar-refractivity contribution < 1.29 is 14.7 Å². The second-order valence-corrected chi connectivity index (χ2v) is 4.89. The fourth-order valence-corrected chi connectivity index (χ4v) is 2.13. The van der Waals surface area contributed by atoms with E-state index in [1.54, 1.807) is 18.2 Å². The second-order valence-electron chi connectivity index (χ2n) is 4.89. The van der Waals surface area contributed by atoms with Gasteiger partial charge in [0, 0.05) is 12.1 Å². The van der Waals surface area contributed by atoms with E-state index >= 15 is 0 Å². The molecular formula is C17H17NO3. The summed E-state index contributed by atoms with van der Waals surface area (Å²) in [5.74, 6) is -1.05. The third kappa shape index (κ3) is 4.18. The molecule has 0 fully saturated rings. The van der Waals surface area contributed by atoms with Crippen LogP contribution in [0.4, 0.5) is 0 Å². The summed E-state index contributed by atoms with van der Waals surface area (Å²) in [4.78, 5) is 22.9. The Morgan fingerprint density at radius 3 is 2.43 bits per heavy atom. The smallest absolute Gasteiger partial charge is 0.307 e. The van der Waals surface area contributed by atoms with Crippen LogP contribution in [0, 0.1) is 6.92 Å². The van der Waals surface area contributed by atoms with Crippen LogP contribution in [0.5, 0.6) is 0 Å². The lowest BCUT2D eigenvalue weighted by molar-refractivity contribution is -0.136. The van der Waals surface area contributed by atoms with Crippen molar-refractivity contribution in [2.24, 2.45) is 0 Å². The van der Waals surface area contributed by atoms with Gasteiger partial charge in [0.1, 0.15) is 0 Å². The Morgan fingerprint density at radius 1 is 1.05 bits per heavy atom. The van der Waals surface area contributed by atoms with Gasteiger partial charge in [-0.1, -0.05) is 42.0 Å². The van der Waals surface area contributed by atoms with Gasteiger partial charge in [0.2, 0.25) is 0 Å². The van der Waals surface area contributed by atoms with Crippen LogP contribution in [0.15, 0.2) is 48.5 Å². The van der Waals surface area contributed by atoms with E-state index in [4.69, 9.17) is 5.11 Å². The molecule has 0 aromatic heterocycles. The first-order valence-corrected chi connectivity index (χ1v) is 6.69. The highest BCUT2D eigenvalue weighted by atomic mass is 16.4. The number of amides is 1. The highest BCUT2D eigenvalue weighted by Gasteiger charge is 2.09. The molecule has 0 spiro atoms. The summed E-state index contributed by atoms with van der Waals surface area (Å²) >= 11 is 0. The number of hydrogen-bond donors (Lipinski definition) is 2. The maximum atomic E-state index is 12.1. The van der Waals surface area contributed by atoms with Crippen LogP contribution in [-0.4, -0.2) is 17.0 Å². The SMILES string of the molecule is Cc1cccc(C(=O)NCc2ccccc2CC(=O)O)c1. The third-order valence-corrected chi connectivity index (χ3v) is 3.18. The van der Waals surface area contributed by atoms with Crippen molar-refractivity contribution in [1.82, 2.24) is 5.32 Å². The minimum atomic E-state index is -0.882. The Balaban J connectivity index is 2.06. The van der Waals surface area contributed by atoms with Crippen molar-refractivity contribution in [3.05, 3.63) is 70.8 Å². The minimum Gasteiger partial charge on any atom is -0.481 e. The molecule has 0 bridgehead atoms. The number of carboxylic acids is 1. The first-order chi connectivity index (χ1) is 10.1. The molecule has 0 radical (unpaired) electrons. The van der Waals surface area contributed by atoms with Gasteiger partial charge in [0.25, 0.3) is 5.91 Å². The molecular weight excluding hydrogens is 266 g/mol. The molecule has 0 unspecified atom stereocenters. The van der Waals surface area contributed by atoms with Crippen LogP contribution in [0.2, 0.25) is 0 Å². The zero-order valence-electron chi connectivity index (χ0n) is 11.8. The number of carbonyl (C=O) groups is 2. The molecule has 1 amide bonds. The number of benzene rings is 2. The van der Waals surface area contributed by atoms with E-state index in [1.165, 1.54) is 0 Å². The molecule has 2 rings (SSSR count). The first kappa shape index (κ1) is 14.8. The monoisotopic (exact) mass is 283 g/mol. The summed E-state index contributed by atoms with van der Waals surface area (Å²) in [5.41, 5.74) is 3.16. The third-order valence-electron chi connectivity index (χ3n) is 3.18. The summed E-state index contributed by atoms with van der Waals surface area (Å²) in [7, 11) is 0. The van der Waals surface area contributed by atoms with Crippen molar-refractivity contribution in [2.75, 3.05) is 0 Å². The quantitative estimate of drug-likeness (QED) is 0.886. The van der Waals surface area contributed by atoms with E-state index in [1.807, 2.05) is 37.3 Å². The number of carboxylic acid groups (broad SMARTS) is 1. The van der Waals surface area contributed by atoms with Gasteiger partial charge in [0.05, 0.1) is 6.42 Å². The fourth-order valence-electron chi connectivity index (χ4n) is 2.13. The van der Waals surface area contributed by atoms with E-state index in [0.717, 1.165) is 16.7 Å². The number of hydrogen-bond acceptors (Lipinski definition) is 2. The zero-order valence-corrected chi connectivity index (χ0v) is 11.8. The molecule has 108 valence electrons. The molecule has 0 aliphatic heterocycles. The number of aryl methyl sites for hydroxylation is 1. The van der Waals surface area contributed by atoms with Gasteiger partial charge < -0.3 is 10.4 Å². The zero-order chi connectivity index (χ0) is 15.2. The number of rotatable bonds is 5. The van der Waals surface area contributed by atoms with Crippen molar-refractivity contribution >= 4 is 11.9 Å². The van der Waals surface area contributed by atoms with E-state index in [2.05, 4.69) is 5.32 Å². The molecule has 0 aliphatic carbocycles. The topological polar surface area (TPSA) is 66.4 Å². The Bertz CT molecular complexity index is 665. The average molecular weight is 283 g/mol. The molecule has 21 heavy (non-hydrogen) atoms. The maximum absolute atomic E-state index is 12.1. The van der Waals surface area contributed by atoms with Crippen LogP contribution in [-0.2, 0) is 17.8 Å². The van der Waals surface area contributed by atoms with Gasteiger partial charge in [-0.2, -0.15) is 0 Å². The summed E-state index contributed by atoms with van der Waals surface area (Å²) in [6.45, 7) is 2.25. The van der Waals surface area contributed by atoms with E-state index in [0.29, 0.717) is 12.1 Å². The molecule has 4 heteroatoms. The Morgan fingerprint density at radius 2 is 1.76 bits per heavy atom. The lowest BCUT2D eigenvalue weighted by atomic mass is 10.0. The van der Waals surface area contributed by atoms with Crippen LogP contribution in [0.1, 0.15) is 27.0 Å². The molecule has 2 N–H and O–H groups in total. The summed E-state index contributed by atoms with van der Waals surface area (Å²) in [5, 5.41) is 11.7. The van der Waals surface area contributed by atoms with E-state index in [-0.39, 0.29) is 12.3 Å². The Labute approximate surface area is 123 Å². The van der Waals surface area contributed by atoms with E-state index < -0.39 is 5.97 Å². The molecule has 0 saturated carbocycles. The van der Waals surface area contributed by atoms with E-state index in [9.17, 15) is 9.59 Å². The van der Waals surface area contributed by atoms with Gasteiger partial charge in [-0.25, -0.2) is 0 Å². The number of carbonyl (C=O) groups excluding carboxylic acids is 1. The molecule has 4 nitrogen and oxygen atoms in total. The van der Waals surface area contributed by atoms with Gasteiger partial charge in [-0.05, 0) is 30.2 Å². The summed E-state index contributed by atoms with van der Waals surface area (Å²) in [6.07, 6.45) is -0.0451. The van der Waals surface area contributed by atoms with Crippen LogP contribution in [0.25, 0.3) is 0 Å². The maximum Gasteiger partial charge on any atom is 0.307 e.